The summed E-state index contributed by atoms with van der Waals surface area (Å²) in [6.07, 6.45) is 2.50. The van der Waals surface area contributed by atoms with Crippen LogP contribution >= 0.6 is 0 Å². The molecule has 9 nitrogen and oxygen atoms in total. The first kappa shape index (κ1) is 23.1. The number of ether oxygens (including phenoxy) is 1. The Kier molecular flexibility index (Phi) is 6.58. The van der Waals surface area contributed by atoms with Crippen molar-refractivity contribution in [3.63, 3.8) is 0 Å². The van der Waals surface area contributed by atoms with Crippen molar-refractivity contribution in [2.24, 2.45) is 5.92 Å². The third kappa shape index (κ3) is 5.64. The highest BCUT2D eigenvalue weighted by Gasteiger charge is 2.31. The van der Waals surface area contributed by atoms with Crippen LogP contribution in [0.2, 0.25) is 0 Å². The summed E-state index contributed by atoms with van der Waals surface area (Å²) in [5, 5.41) is 3.17. The number of likely N-dealkylation sites (tertiary alicyclic amines) is 1. The maximum atomic E-state index is 12.8. The Morgan fingerprint density at radius 2 is 1.73 bits per heavy atom. The molecule has 2 saturated heterocycles. The number of carbonyl (C=O) groups excluding carboxylic acids is 2. The zero-order valence-electron chi connectivity index (χ0n) is 19.6. The fourth-order valence-corrected chi connectivity index (χ4v) is 4.44. The Labute approximate surface area is 193 Å². The molecule has 3 heterocycles. The van der Waals surface area contributed by atoms with E-state index in [1.54, 1.807) is 4.90 Å². The number of fused-ring (bicyclic) bond motifs is 1. The van der Waals surface area contributed by atoms with Gasteiger partial charge in [0.2, 0.25) is 5.91 Å². The number of aromatic nitrogens is 2. The van der Waals surface area contributed by atoms with Crippen molar-refractivity contribution in [1.29, 1.82) is 0 Å². The third-order valence-electron chi connectivity index (χ3n) is 6.24. The fraction of sp³-hybridized carbons (Fsp3) is 0.583. The zero-order chi connectivity index (χ0) is 23.6. The third-order valence-corrected chi connectivity index (χ3v) is 6.24. The second-order valence-corrected chi connectivity index (χ2v) is 9.92. The zero-order valence-corrected chi connectivity index (χ0v) is 19.6. The normalized spacial score (nSPS) is 18.4. The molecule has 2 amide bonds. The van der Waals surface area contributed by atoms with Crippen molar-refractivity contribution < 1.29 is 14.3 Å². The molecular weight excluding hydrogens is 422 g/mol. The first-order chi connectivity index (χ1) is 15.7. The number of H-pyrrole nitrogens is 1. The summed E-state index contributed by atoms with van der Waals surface area (Å²) < 4.78 is 5.43. The van der Waals surface area contributed by atoms with Gasteiger partial charge in [0, 0.05) is 38.1 Å². The van der Waals surface area contributed by atoms with Crippen LogP contribution in [0.15, 0.2) is 29.1 Å². The van der Waals surface area contributed by atoms with Gasteiger partial charge in [-0.25, -0.2) is 9.78 Å². The van der Waals surface area contributed by atoms with E-state index in [0.717, 1.165) is 23.9 Å². The number of nitrogens with one attached hydrogen (secondary N) is 2. The van der Waals surface area contributed by atoms with E-state index in [9.17, 15) is 14.4 Å². The van der Waals surface area contributed by atoms with E-state index >= 15 is 0 Å². The maximum absolute atomic E-state index is 12.8. The fourth-order valence-electron chi connectivity index (χ4n) is 4.44. The first-order valence-electron chi connectivity index (χ1n) is 11.7. The molecule has 0 unspecified atom stereocenters. The lowest BCUT2D eigenvalue weighted by atomic mass is 9.94. The van der Waals surface area contributed by atoms with Crippen molar-refractivity contribution in [3.8, 4) is 0 Å². The Balaban J connectivity index is 1.26. The number of hydrogen-bond donors (Lipinski definition) is 2. The summed E-state index contributed by atoms with van der Waals surface area (Å²) in [7, 11) is 0. The van der Waals surface area contributed by atoms with Crippen LogP contribution in [0.25, 0.3) is 11.0 Å². The van der Waals surface area contributed by atoms with Crippen molar-refractivity contribution in [1.82, 2.24) is 20.2 Å². The van der Waals surface area contributed by atoms with Gasteiger partial charge in [-0.1, -0.05) is 12.1 Å². The minimum atomic E-state index is -0.510. The molecule has 0 atom stereocenters. The number of aromatic amines is 1. The van der Waals surface area contributed by atoms with Crippen LogP contribution in [0.1, 0.15) is 46.5 Å². The molecule has 2 aromatic rings. The van der Waals surface area contributed by atoms with Gasteiger partial charge in [0.25, 0.3) is 5.56 Å². The number of benzene rings is 1. The highest BCUT2D eigenvalue weighted by atomic mass is 16.6. The van der Waals surface area contributed by atoms with Crippen LogP contribution < -0.4 is 15.8 Å². The van der Waals surface area contributed by atoms with E-state index in [2.05, 4.69) is 15.3 Å². The molecule has 1 aromatic carbocycles. The van der Waals surface area contributed by atoms with Gasteiger partial charge < -0.3 is 24.8 Å². The standard InChI is InChI=1S/C24H33N5O4/c1-24(2,3)33-23(32)29-14-10-17(11-15-29)25-21(30)16-8-12-28(13-9-16)20-22(31)27-19-7-5-4-6-18(19)26-20/h4-7,16-17H,8-15H2,1-3H3,(H,25,30)(H,27,31). The van der Waals surface area contributed by atoms with Gasteiger partial charge in [-0.15, -0.1) is 0 Å². The quantitative estimate of drug-likeness (QED) is 0.737. The Hall–Kier alpha value is -3.10. The van der Waals surface area contributed by atoms with Gasteiger partial charge in [0.15, 0.2) is 5.82 Å². The lowest BCUT2D eigenvalue weighted by molar-refractivity contribution is -0.126. The van der Waals surface area contributed by atoms with Gasteiger partial charge in [-0.05, 0) is 58.6 Å². The molecule has 0 saturated carbocycles. The van der Waals surface area contributed by atoms with E-state index in [1.807, 2.05) is 49.9 Å². The summed E-state index contributed by atoms with van der Waals surface area (Å²) in [5.74, 6) is 0.400. The van der Waals surface area contributed by atoms with Crippen LogP contribution in [-0.4, -0.2) is 64.7 Å². The number of anilines is 1. The number of rotatable bonds is 3. The highest BCUT2D eigenvalue weighted by Crippen LogP contribution is 2.22. The molecule has 0 aliphatic carbocycles. The van der Waals surface area contributed by atoms with E-state index in [1.165, 1.54) is 0 Å². The topological polar surface area (TPSA) is 108 Å². The Morgan fingerprint density at radius 3 is 2.39 bits per heavy atom. The SMILES string of the molecule is CC(C)(C)OC(=O)N1CCC(NC(=O)C2CCN(c3nc4ccccc4[nH]c3=O)CC2)CC1. The molecule has 2 N–H and O–H groups in total. The number of para-hydroxylation sites is 2. The molecule has 0 bridgehead atoms. The highest BCUT2D eigenvalue weighted by molar-refractivity contribution is 5.79. The number of nitrogens with zero attached hydrogens (tertiary/aromatic N) is 3. The summed E-state index contributed by atoms with van der Waals surface area (Å²) in [6.45, 7) is 7.96. The van der Waals surface area contributed by atoms with Gasteiger partial charge >= 0.3 is 6.09 Å². The van der Waals surface area contributed by atoms with Gasteiger partial charge in [-0.3, -0.25) is 9.59 Å². The molecule has 2 aliphatic rings. The molecule has 33 heavy (non-hydrogen) atoms. The van der Waals surface area contributed by atoms with Crippen molar-refractivity contribution in [2.45, 2.75) is 58.1 Å². The van der Waals surface area contributed by atoms with Gasteiger partial charge in [0.05, 0.1) is 11.0 Å². The summed E-state index contributed by atoms with van der Waals surface area (Å²) in [4.78, 5) is 48.6. The average Bonchev–Trinajstić information content (AvgIpc) is 2.78. The summed E-state index contributed by atoms with van der Waals surface area (Å²) in [6, 6.07) is 7.54. The van der Waals surface area contributed by atoms with Crippen LogP contribution in [0, 0.1) is 5.92 Å². The molecule has 2 fully saturated rings. The second-order valence-electron chi connectivity index (χ2n) is 9.92. The number of hydrogen-bond acceptors (Lipinski definition) is 6. The molecule has 178 valence electrons. The number of amides is 2. The average molecular weight is 456 g/mol. The predicted octanol–water partition coefficient (Wildman–Crippen LogP) is 2.66. The largest absolute Gasteiger partial charge is 0.444 e. The molecule has 0 spiro atoms. The minimum Gasteiger partial charge on any atom is -0.444 e. The molecule has 2 aliphatic heterocycles. The van der Waals surface area contributed by atoms with E-state index in [-0.39, 0.29) is 29.5 Å². The number of carbonyl (C=O) groups is 2. The van der Waals surface area contributed by atoms with Crippen molar-refractivity contribution >= 4 is 28.9 Å². The van der Waals surface area contributed by atoms with Crippen LogP contribution in [0.4, 0.5) is 10.6 Å². The van der Waals surface area contributed by atoms with Gasteiger partial charge in [0.1, 0.15) is 5.60 Å². The smallest absolute Gasteiger partial charge is 0.410 e. The van der Waals surface area contributed by atoms with E-state index in [0.29, 0.717) is 44.8 Å². The lowest BCUT2D eigenvalue weighted by Crippen LogP contribution is -2.50. The van der Waals surface area contributed by atoms with Crippen LogP contribution in [0.5, 0.6) is 0 Å². The lowest BCUT2D eigenvalue weighted by Gasteiger charge is -2.35. The van der Waals surface area contributed by atoms with Crippen LogP contribution in [-0.2, 0) is 9.53 Å². The monoisotopic (exact) mass is 455 g/mol. The van der Waals surface area contributed by atoms with E-state index < -0.39 is 5.60 Å². The molecule has 0 radical (unpaired) electrons. The predicted molar refractivity (Wildman–Crippen MR) is 126 cm³/mol. The summed E-state index contributed by atoms with van der Waals surface area (Å²) >= 11 is 0. The van der Waals surface area contributed by atoms with Crippen molar-refractivity contribution in [2.75, 3.05) is 31.1 Å². The molecule has 9 heteroatoms. The summed E-state index contributed by atoms with van der Waals surface area (Å²) in [5.41, 5.74) is 0.765. The molecule has 4 rings (SSSR count). The number of piperidine rings is 2. The maximum Gasteiger partial charge on any atom is 0.410 e. The van der Waals surface area contributed by atoms with Gasteiger partial charge in [-0.2, -0.15) is 0 Å². The van der Waals surface area contributed by atoms with Crippen LogP contribution in [0.3, 0.4) is 0 Å². The minimum absolute atomic E-state index is 0.0609. The first-order valence-corrected chi connectivity index (χ1v) is 11.7. The van der Waals surface area contributed by atoms with Crippen molar-refractivity contribution in [3.05, 3.63) is 34.6 Å². The van der Waals surface area contributed by atoms with E-state index in [4.69, 9.17) is 4.74 Å². The Bertz CT molecular complexity index is 1060. The molecule has 1 aromatic heterocycles. The second kappa shape index (κ2) is 9.41. The Morgan fingerprint density at radius 1 is 1.06 bits per heavy atom. The molecular formula is C24H33N5O4.